The number of fused-ring (bicyclic) bond motifs is 1. The van der Waals surface area contributed by atoms with Gasteiger partial charge in [-0.1, -0.05) is 52.3 Å². The van der Waals surface area contributed by atoms with Crippen LogP contribution >= 0.6 is 15.9 Å². The van der Waals surface area contributed by atoms with Gasteiger partial charge in [-0.15, -0.1) is 0 Å². The lowest BCUT2D eigenvalue weighted by atomic mass is 10.2. The zero-order chi connectivity index (χ0) is 17.2. The van der Waals surface area contributed by atoms with Crippen LogP contribution in [0.5, 0.6) is 0 Å². The highest BCUT2D eigenvalue weighted by molar-refractivity contribution is 9.10. The van der Waals surface area contributed by atoms with Gasteiger partial charge in [0.2, 0.25) is 0 Å². The zero-order valence-electron chi connectivity index (χ0n) is 13.1. The third kappa shape index (κ3) is 3.16. The van der Waals surface area contributed by atoms with Crippen molar-refractivity contribution in [2.75, 3.05) is 0 Å². The molecule has 0 radical (unpaired) electrons. The van der Waals surface area contributed by atoms with E-state index >= 15 is 0 Å². The van der Waals surface area contributed by atoms with Crippen LogP contribution in [0.1, 0.15) is 11.4 Å². The third-order valence-electron chi connectivity index (χ3n) is 3.76. The predicted molar refractivity (Wildman–Crippen MR) is 103 cm³/mol. The zero-order valence-corrected chi connectivity index (χ0v) is 14.6. The first-order valence-corrected chi connectivity index (χ1v) is 8.47. The molecule has 2 aromatic heterocycles. The number of hydrogen-bond acceptors (Lipinski definition) is 3. The second-order valence-electron chi connectivity index (χ2n) is 5.47. The molecule has 0 unspecified atom stereocenters. The minimum Gasteiger partial charge on any atom is -0.306 e. The van der Waals surface area contributed by atoms with E-state index in [4.69, 9.17) is 0 Å². The number of para-hydroxylation sites is 1. The van der Waals surface area contributed by atoms with Gasteiger partial charge in [0.25, 0.3) is 5.56 Å². The average molecular weight is 393 g/mol. The minimum absolute atomic E-state index is 0.206. The van der Waals surface area contributed by atoms with Crippen LogP contribution < -0.4 is 5.56 Å². The van der Waals surface area contributed by atoms with Crippen LogP contribution in [0.25, 0.3) is 28.9 Å². The number of H-pyrrole nitrogens is 1. The summed E-state index contributed by atoms with van der Waals surface area (Å²) in [5, 5.41) is 4.76. The van der Waals surface area contributed by atoms with E-state index in [2.05, 4.69) is 31.0 Å². The van der Waals surface area contributed by atoms with Crippen molar-refractivity contribution in [3.05, 3.63) is 87.0 Å². The Balaban J connectivity index is 1.78. The van der Waals surface area contributed by atoms with E-state index in [1.165, 1.54) is 6.20 Å². The first-order valence-electron chi connectivity index (χ1n) is 7.68. The molecule has 4 rings (SSSR count). The molecule has 1 N–H and O–H groups in total. The van der Waals surface area contributed by atoms with Crippen molar-refractivity contribution < 1.29 is 0 Å². The van der Waals surface area contributed by atoms with Gasteiger partial charge in [0.15, 0.2) is 5.65 Å². The number of nitrogens with zero attached hydrogens (tertiary/aromatic N) is 3. The summed E-state index contributed by atoms with van der Waals surface area (Å²) in [5.74, 6) is 0.484. The summed E-state index contributed by atoms with van der Waals surface area (Å²) in [6.45, 7) is 0. The molecule has 5 nitrogen and oxygen atoms in total. The van der Waals surface area contributed by atoms with Crippen LogP contribution in [0.2, 0.25) is 0 Å². The number of rotatable bonds is 3. The molecular formula is C19H13BrN4O. The molecule has 0 atom stereocenters. The van der Waals surface area contributed by atoms with Crippen LogP contribution in [0.15, 0.2) is 70.1 Å². The Hall–Kier alpha value is -2.99. The van der Waals surface area contributed by atoms with E-state index in [0.29, 0.717) is 16.9 Å². The summed E-state index contributed by atoms with van der Waals surface area (Å²) in [4.78, 5) is 19.6. The SMILES string of the molecule is O=c1[nH]c(/C=C/c2ccc(Br)cc2)nc2c1cnn2-c1ccccc1. The maximum atomic E-state index is 12.3. The van der Waals surface area contributed by atoms with E-state index in [-0.39, 0.29) is 5.56 Å². The normalized spacial score (nSPS) is 11.4. The molecule has 0 aliphatic carbocycles. The van der Waals surface area contributed by atoms with Crippen LogP contribution in [0.4, 0.5) is 0 Å². The molecule has 0 aliphatic rings. The Bertz CT molecular complexity index is 1110. The van der Waals surface area contributed by atoms with Gasteiger partial charge in [-0.2, -0.15) is 5.10 Å². The monoisotopic (exact) mass is 392 g/mol. The van der Waals surface area contributed by atoms with Crippen molar-refractivity contribution >= 4 is 39.1 Å². The number of hydrogen-bond donors (Lipinski definition) is 1. The highest BCUT2D eigenvalue weighted by Gasteiger charge is 2.10. The minimum atomic E-state index is -0.206. The van der Waals surface area contributed by atoms with Crippen molar-refractivity contribution in [2.24, 2.45) is 0 Å². The number of halogens is 1. The molecule has 6 heteroatoms. The molecule has 0 aliphatic heterocycles. The Labute approximate surface area is 151 Å². The Kier molecular flexibility index (Phi) is 4.03. The number of aromatic nitrogens is 4. The smallest absolute Gasteiger partial charge is 0.262 e. The van der Waals surface area contributed by atoms with Crippen LogP contribution in [-0.2, 0) is 0 Å². The molecule has 0 spiro atoms. The third-order valence-corrected chi connectivity index (χ3v) is 4.29. The number of aromatic amines is 1. The Morgan fingerprint density at radius 2 is 1.76 bits per heavy atom. The summed E-state index contributed by atoms with van der Waals surface area (Å²) >= 11 is 3.41. The van der Waals surface area contributed by atoms with Gasteiger partial charge in [-0.25, -0.2) is 9.67 Å². The highest BCUT2D eigenvalue weighted by Crippen LogP contribution is 2.15. The molecule has 4 aromatic rings. The molecular weight excluding hydrogens is 380 g/mol. The molecule has 0 bridgehead atoms. The van der Waals surface area contributed by atoms with Gasteiger partial charge < -0.3 is 4.98 Å². The molecule has 0 saturated carbocycles. The van der Waals surface area contributed by atoms with Crippen molar-refractivity contribution in [3.8, 4) is 5.69 Å². The van der Waals surface area contributed by atoms with Gasteiger partial charge >= 0.3 is 0 Å². The summed E-state index contributed by atoms with van der Waals surface area (Å²) in [5.41, 5.74) is 2.20. The fourth-order valence-electron chi connectivity index (χ4n) is 2.52. The fraction of sp³-hybridized carbons (Fsp3) is 0. The van der Waals surface area contributed by atoms with Crippen LogP contribution in [-0.4, -0.2) is 19.7 Å². The molecule has 2 heterocycles. The van der Waals surface area contributed by atoms with E-state index in [9.17, 15) is 4.79 Å². The van der Waals surface area contributed by atoms with Gasteiger partial charge in [0, 0.05) is 4.47 Å². The maximum absolute atomic E-state index is 12.3. The standard InChI is InChI=1S/C19H13BrN4O/c20-14-9-6-13(7-10-14)8-11-17-22-18-16(19(25)23-17)12-21-24(18)15-4-2-1-3-5-15/h1-12H,(H,22,23,25)/b11-8+. The van der Waals surface area contributed by atoms with E-state index < -0.39 is 0 Å². The van der Waals surface area contributed by atoms with Gasteiger partial charge in [-0.3, -0.25) is 4.79 Å². The topological polar surface area (TPSA) is 63.6 Å². The lowest BCUT2D eigenvalue weighted by Gasteiger charge is -2.02. The van der Waals surface area contributed by atoms with Gasteiger partial charge in [-0.05, 0) is 35.9 Å². The maximum Gasteiger partial charge on any atom is 0.262 e. The van der Waals surface area contributed by atoms with Gasteiger partial charge in [0.1, 0.15) is 11.2 Å². The van der Waals surface area contributed by atoms with Crippen molar-refractivity contribution in [1.29, 1.82) is 0 Å². The van der Waals surface area contributed by atoms with Crippen molar-refractivity contribution in [3.63, 3.8) is 0 Å². The van der Waals surface area contributed by atoms with Crippen molar-refractivity contribution in [2.45, 2.75) is 0 Å². The first kappa shape index (κ1) is 15.5. The Morgan fingerprint density at radius 1 is 1.00 bits per heavy atom. The summed E-state index contributed by atoms with van der Waals surface area (Å²) < 4.78 is 2.69. The highest BCUT2D eigenvalue weighted by atomic mass is 79.9. The summed E-state index contributed by atoms with van der Waals surface area (Å²) in [6.07, 6.45) is 5.22. The van der Waals surface area contributed by atoms with Crippen molar-refractivity contribution in [1.82, 2.24) is 19.7 Å². The number of benzene rings is 2. The van der Waals surface area contributed by atoms with Crippen LogP contribution in [0, 0.1) is 0 Å². The molecule has 0 saturated heterocycles. The van der Waals surface area contributed by atoms with Crippen LogP contribution in [0.3, 0.4) is 0 Å². The second kappa shape index (κ2) is 6.49. The largest absolute Gasteiger partial charge is 0.306 e. The summed E-state index contributed by atoms with van der Waals surface area (Å²) in [6, 6.07) is 17.5. The molecule has 2 aromatic carbocycles. The lowest BCUT2D eigenvalue weighted by Crippen LogP contribution is -2.10. The van der Waals surface area contributed by atoms with E-state index in [1.807, 2.05) is 60.7 Å². The van der Waals surface area contributed by atoms with E-state index in [0.717, 1.165) is 15.7 Å². The average Bonchev–Trinajstić information content (AvgIpc) is 3.06. The molecule has 25 heavy (non-hydrogen) atoms. The second-order valence-corrected chi connectivity index (χ2v) is 6.38. The number of nitrogens with one attached hydrogen (secondary N) is 1. The molecule has 0 amide bonds. The molecule has 0 fully saturated rings. The molecule has 122 valence electrons. The van der Waals surface area contributed by atoms with Gasteiger partial charge in [0.05, 0.1) is 11.9 Å². The lowest BCUT2D eigenvalue weighted by molar-refractivity contribution is 0.893. The quantitative estimate of drug-likeness (QED) is 0.572. The first-order chi connectivity index (χ1) is 12.2. The Morgan fingerprint density at radius 3 is 2.52 bits per heavy atom. The summed E-state index contributed by atoms with van der Waals surface area (Å²) in [7, 11) is 0. The predicted octanol–water partition coefficient (Wildman–Crippen LogP) is 4.04. The fourth-order valence-corrected chi connectivity index (χ4v) is 2.79. The van der Waals surface area contributed by atoms with E-state index in [1.54, 1.807) is 10.8 Å².